The van der Waals surface area contributed by atoms with Gasteiger partial charge in [0.25, 0.3) is 0 Å². The summed E-state index contributed by atoms with van der Waals surface area (Å²) in [6, 6.07) is 0. The van der Waals surface area contributed by atoms with E-state index in [-0.39, 0.29) is 23.8 Å². The van der Waals surface area contributed by atoms with Gasteiger partial charge in [-0.15, -0.1) is 0 Å². The minimum Gasteiger partial charge on any atom is -0.481 e. The summed E-state index contributed by atoms with van der Waals surface area (Å²) in [6.45, 7) is 3.81. The molecule has 0 aromatic rings. The summed E-state index contributed by atoms with van der Waals surface area (Å²) in [5.41, 5.74) is 0. The van der Waals surface area contributed by atoms with Crippen LogP contribution in [0.2, 0.25) is 0 Å². The van der Waals surface area contributed by atoms with Crippen LogP contribution < -0.4 is 0 Å². The van der Waals surface area contributed by atoms with Crippen LogP contribution in [0.1, 0.15) is 26.2 Å². The summed E-state index contributed by atoms with van der Waals surface area (Å²) in [5, 5.41) is 8.92. The van der Waals surface area contributed by atoms with Gasteiger partial charge >= 0.3 is 5.97 Å². The minimum atomic E-state index is -0.768. The van der Waals surface area contributed by atoms with Crippen LogP contribution in [0.4, 0.5) is 0 Å². The highest BCUT2D eigenvalue weighted by molar-refractivity contribution is 5.81. The predicted octanol–water partition coefficient (Wildman–Crippen LogP) is 0.735. The Balaban J connectivity index is 1.90. The van der Waals surface area contributed by atoms with Crippen molar-refractivity contribution in [1.29, 1.82) is 0 Å². The number of carbonyl (C=O) groups excluding carboxylic acids is 1. The highest BCUT2D eigenvalue weighted by Gasteiger charge is 2.36. The third-order valence-corrected chi connectivity index (χ3v) is 3.68. The van der Waals surface area contributed by atoms with Crippen LogP contribution in [-0.2, 0) is 14.3 Å². The third-order valence-electron chi connectivity index (χ3n) is 3.68. The maximum atomic E-state index is 12.2. The van der Waals surface area contributed by atoms with Gasteiger partial charge < -0.3 is 14.7 Å². The van der Waals surface area contributed by atoms with E-state index >= 15 is 0 Å². The number of aliphatic carboxylic acids is 1. The molecular weight excluding hydrogens is 222 g/mol. The molecule has 17 heavy (non-hydrogen) atoms. The molecule has 0 spiro atoms. The van der Waals surface area contributed by atoms with Gasteiger partial charge in [0, 0.05) is 19.0 Å². The lowest BCUT2D eigenvalue weighted by Crippen LogP contribution is -2.46. The SMILES string of the molecule is CC1CN(C(=O)C2CCC(C(=O)O)C2)CCO1. The summed E-state index contributed by atoms with van der Waals surface area (Å²) >= 11 is 0. The zero-order chi connectivity index (χ0) is 12.4. The quantitative estimate of drug-likeness (QED) is 0.774. The molecule has 96 valence electrons. The molecule has 0 bridgehead atoms. The highest BCUT2D eigenvalue weighted by Crippen LogP contribution is 2.32. The molecule has 1 amide bonds. The van der Waals surface area contributed by atoms with Crippen molar-refractivity contribution in [3.05, 3.63) is 0 Å². The van der Waals surface area contributed by atoms with E-state index in [1.54, 1.807) is 0 Å². The molecule has 2 aliphatic rings. The van der Waals surface area contributed by atoms with E-state index < -0.39 is 5.97 Å². The van der Waals surface area contributed by atoms with Gasteiger partial charge in [-0.2, -0.15) is 0 Å². The number of ether oxygens (including phenoxy) is 1. The molecule has 0 aromatic carbocycles. The van der Waals surface area contributed by atoms with Crippen LogP contribution >= 0.6 is 0 Å². The first-order chi connectivity index (χ1) is 8.08. The second-order valence-corrected chi connectivity index (χ2v) is 5.01. The topological polar surface area (TPSA) is 66.8 Å². The fraction of sp³-hybridized carbons (Fsp3) is 0.833. The highest BCUT2D eigenvalue weighted by atomic mass is 16.5. The van der Waals surface area contributed by atoms with Gasteiger partial charge in [0.2, 0.25) is 5.91 Å². The summed E-state index contributed by atoms with van der Waals surface area (Å²) in [7, 11) is 0. The van der Waals surface area contributed by atoms with Crippen LogP contribution in [0.25, 0.3) is 0 Å². The van der Waals surface area contributed by atoms with Crippen LogP contribution in [-0.4, -0.2) is 47.7 Å². The van der Waals surface area contributed by atoms with Crippen molar-refractivity contribution in [3.63, 3.8) is 0 Å². The fourth-order valence-electron chi connectivity index (χ4n) is 2.71. The Bertz CT molecular complexity index is 318. The number of nitrogens with zero attached hydrogens (tertiary/aromatic N) is 1. The van der Waals surface area contributed by atoms with Crippen molar-refractivity contribution >= 4 is 11.9 Å². The van der Waals surface area contributed by atoms with Gasteiger partial charge in [0.05, 0.1) is 18.6 Å². The molecule has 5 nitrogen and oxygen atoms in total. The van der Waals surface area contributed by atoms with Gasteiger partial charge in [-0.3, -0.25) is 9.59 Å². The number of hydrogen-bond donors (Lipinski definition) is 1. The Morgan fingerprint density at radius 1 is 1.29 bits per heavy atom. The van der Waals surface area contributed by atoms with Gasteiger partial charge in [0.15, 0.2) is 0 Å². The summed E-state index contributed by atoms with van der Waals surface area (Å²) in [5.74, 6) is -1.08. The molecule has 2 rings (SSSR count). The lowest BCUT2D eigenvalue weighted by atomic mass is 10.0. The Kier molecular flexibility index (Phi) is 3.66. The fourth-order valence-corrected chi connectivity index (χ4v) is 2.71. The Morgan fingerprint density at radius 2 is 2.00 bits per heavy atom. The van der Waals surface area contributed by atoms with Crippen molar-refractivity contribution in [3.8, 4) is 0 Å². The molecule has 1 N–H and O–H groups in total. The Hall–Kier alpha value is -1.10. The number of carbonyl (C=O) groups is 2. The summed E-state index contributed by atoms with van der Waals surface area (Å²) in [4.78, 5) is 24.9. The number of hydrogen-bond acceptors (Lipinski definition) is 3. The van der Waals surface area contributed by atoms with E-state index in [1.165, 1.54) is 0 Å². The molecule has 1 aliphatic heterocycles. The van der Waals surface area contributed by atoms with Crippen LogP contribution in [0.3, 0.4) is 0 Å². The maximum absolute atomic E-state index is 12.2. The molecule has 1 aliphatic carbocycles. The number of carboxylic acid groups (broad SMARTS) is 1. The average molecular weight is 241 g/mol. The predicted molar refractivity (Wildman–Crippen MR) is 60.5 cm³/mol. The molecule has 3 atom stereocenters. The summed E-state index contributed by atoms with van der Waals surface area (Å²) < 4.78 is 5.39. The van der Waals surface area contributed by atoms with E-state index in [2.05, 4.69) is 0 Å². The molecule has 1 heterocycles. The maximum Gasteiger partial charge on any atom is 0.306 e. The zero-order valence-corrected chi connectivity index (χ0v) is 10.1. The van der Waals surface area contributed by atoms with Crippen LogP contribution in [0.5, 0.6) is 0 Å². The first kappa shape index (κ1) is 12.4. The van der Waals surface area contributed by atoms with Crippen molar-refractivity contribution in [2.24, 2.45) is 11.8 Å². The standard InChI is InChI=1S/C12H19NO4/c1-8-7-13(4-5-17-8)11(14)9-2-3-10(6-9)12(15)16/h8-10H,2-7H2,1H3,(H,15,16). The number of amides is 1. The molecule has 0 aromatic heterocycles. The molecule has 1 saturated heterocycles. The Labute approximate surface area is 101 Å². The molecular formula is C12H19NO4. The van der Waals surface area contributed by atoms with E-state index in [9.17, 15) is 9.59 Å². The van der Waals surface area contributed by atoms with Crippen molar-refractivity contribution in [1.82, 2.24) is 4.90 Å². The minimum absolute atomic E-state index is 0.0874. The molecule has 2 fully saturated rings. The third kappa shape index (κ3) is 2.77. The van der Waals surface area contributed by atoms with Crippen molar-refractivity contribution < 1.29 is 19.4 Å². The zero-order valence-electron chi connectivity index (χ0n) is 10.1. The van der Waals surface area contributed by atoms with Gasteiger partial charge in [-0.25, -0.2) is 0 Å². The lowest BCUT2D eigenvalue weighted by Gasteiger charge is -2.32. The molecule has 0 radical (unpaired) electrons. The molecule has 5 heteroatoms. The monoisotopic (exact) mass is 241 g/mol. The second kappa shape index (κ2) is 5.04. The van der Waals surface area contributed by atoms with Gasteiger partial charge in [0.1, 0.15) is 0 Å². The van der Waals surface area contributed by atoms with E-state index in [4.69, 9.17) is 9.84 Å². The molecule has 3 unspecified atom stereocenters. The van der Waals surface area contributed by atoms with Crippen molar-refractivity contribution in [2.45, 2.75) is 32.3 Å². The first-order valence-corrected chi connectivity index (χ1v) is 6.21. The number of rotatable bonds is 2. The van der Waals surface area contributed by atoms with Gasteiger partial charge in [-0.1, -0.05) is 0 Å². The smallest absolute Gasteiger partial charge is 0.306 e. The van der Waals surface area contributed by atoms with E-state index in [1.807, 2.05) is 11.8 Å². The van der Waals surface area contributed by atoms with Gasteiger partial charge in [-0.05, 0) is 26.2 Å². The summed E-state index contributed by atoms with van der Waals surface area (Å²) in [6.07, 6.45) is 1.93. The number of morpholine rings is 1. The number of carboxylic acids is 1. The molecule has 1 saturated carbocycles. The normalized spacial score (nSPS) is 33.7. The first-order valence-electron chi connectivity index (χ1n) is 6.21. The Morgan fingerprint density at radius 3 is 2.59 bits per heavy atom. The van der Waals surface area contributed by atoms with E-state index in [0.29, 0.717) is 39.0 Å². The van der Waals surface area contributed by atoms with E-state index in [0.717, 1.165) is 0 Å². The second-order valence-electron chi connectivity index (χ2n) is 5.01. The van der Waals surface area contributed by atoms with Crippen LogP contribution in [0, 0.1) is 11.8 Å². The van der Waals surface area contributed by atoms with Crippen molar-refractivity contribution in [2.75, 3.05) is 19.7 Å². The van der Waals surface area contributed by atoms with Crippen LogP contribution in [0.15, 0.2) is 0 Å². The average Bonchev–Trinajstić information content (AvgIpc) is 2.77. The lowest BCUT2D eigenvalue weighted by molar-refractivity contribution is -0.143. The largest absolute Gasteiger partial charge is 0.481 e.